The Morgan fingerprint density at radius 2 is 1.81 bits per heavy atom. The van der Waals surface area contributed by atoms with E-state index >= 15 is 0 Å². The third-order valence-corrected chi connectivity index (χ3v) is 6.03. The number of nitrogens with two attached hydrogens (primary N) is 1. The summed E-state index contributed by atoms with van der Waals surface area (Å²) in [6.45, 7) is 4.96. The summed E-state index contributed by atoms with van der Waals surface area (Å²) >= 11 is 6.06. The van der Waals surface area contributed by atoms with Gasteiger partial charge in [0.2, 0.25) is 0 Å². The summed E-state index contributed by atoms with van der Waals surface area (Å²) in [6.07, 6.45) is 7.95. The van der Waals surface area contributed by atoms with Crippen LogP contribution in [-0.2, 0) is 0 Å². The van der Waals surface area contributed by atoms with Crippen molar-refractivity contribution in [2.24, 2.45) is 16.7 Å². The fourth-order valence-corrected chi connectivity index (χ4v) is 6.66. The number of rotatable bonds is 2. The van der Waals surface area contributed by atoms with Gasteiger partial charge in [-0.15, -0.1) is 0 Å². The molecule has 1 aromatic heterocycles. The highest BCUT2D eigenvalue weighted by Crippen LogP contribution is 2.66. The number of anilines is 2. The van der Waals surface area contributed by atoms with E-state index in [1.54, 1.807) is 6.07 Å². The maximum atomic E-state index is 6.06. The molecule has 0 aromatic carbocycles. The zero-order valence-corrected chi connectivity index (χ0v) is 13.6. The summed E-state index contributed by atoms with van der Waals surface area (Å²) in [4.78, 5) is 4.43. The molecule has 114 valence electrons. The van der Waals surface area contributed by atoms with Gasteiger partial charge < -0.3 is 11.1 Å². The van der Waals surface area contributed by atoms with Gasteiger partial charge in [0.25, 0.3) is 0 Å². The summed E-state index contributed by atoms with van der Waals surface area (Å²) in [5, 5.41) is 4.21. The molecule has 3 nitrogen and oxygen atoms in total. The molecule has 0 radical (unpaired) electrons. The van der Waals surface area contributed by atoms with Crippen molar-refractivity contribution in [3.8, 4) is 0 Å². The number of nitrogens with one attached hydrogen (secondary N) is 1. The number of hydrogen-bond acceptors (Lipinski definition) is 3. The van der Waals surface area contributed by atoms with Crippen LogP contribution in [0.15, 0.2) is 12.1 Å². The molecule has 4 fully saturated rings. The van der Waals surface area contributed by atoms with Crippen molar-refractivity contribution in [3.63, 3.8) is 0 Å². The van der Waals surface area contributed by atoms with Crippen molar-refractivity contribution >= 4 is 23.1 Å². The van der Waals surface area contributed by atoms with Gasteiger partial charge >= 0.3 is 0 Å². The maximum absolute atomic E-state index is 6.06. The second-order valence-electron chi connectivity index (χ2n) is 8.64. The average molecular weight is 306 g/mol. The predicted octanol–water partition coefficient (Wildman–Crippen LogP) is 4.48. The van der Waals surface area contributed by atoms with Crippen molar-refractivity contribution in [2.45, 2.75) is 57.9 Å². The lowest BCUT2D eigenvalue weighted by molar-refractivity contribution is -0.0973. The molecule has 5 rings (SSSR count). The van der Waals surface area contributed by atoms with Gasteiger partial charge in [0, 0.05) is 17.3 Å². The van der Waals surface area contributed by atoms with E-state index in [0.717, 1.165) is 11.7 Å². The van der Waals surface area contributed by atoms with E-state index in [9.17, 15) is 0 Å². The van der Waals surface area contributed by atoms with E-state index < -0.39 is 0 Å². The van der Waals surface area contributed by atoms with E-state index in [-0.39, 0.29) is 5.54 Å². The van der Waals surface area contributed by atoms with Crippen molar-refractivity contribution < 1.29 is 0 Å². The number of aromatic nitrogens is 1. The van der Waals surface area contributed by atoms with Gasteiger partial charge in [-0.25, -0.2) is 4.98 Å². The first-order valence-electron chi connectivity index (χ1n) is 7.99. The van der Waals surface area contributed by atoms with Crippen LogP contribution in [-0.4, -0.2) is 10.5 Å². The first-order chi connectivity index (χ1) is 9.77. The fourth-order valence-electron chi connectivity index (χ4n) is 6.44. The molecule has 4 saturated carbocycles. The van der Waals surface area contributed by atoms with Crippen molar-refractivity contribution in [3.05, 3.63) is 17.3 Å². The third kappa shape index (κ3) is 2.30. The Morgan fingerprint density at radius 3 is 2.38 bits per heavy atom. The van der Waals surface area contributed by atoms with E-state index in [4.69, 9.17) is 17.3 Å². The Hall–Kier alpha value is -0.960. The molecule has 4 bridgehead atoms. The zero-order valence-electron chi connectivity index (χ0n) is 12.9. The second kappa shape index (κ2) is 4.07. The van der Waals surface area contributed by atoms with Crippen molar-refractivity contribution in [1.29, 1.82) is 0 Å². The molecule has 4 aliphatic rings. The van der Waals surface area contributed by atoms with E-state index in [1.165, 1.54) is 38.5 Å². The standard InChI is InChI=1S/C17H24ClN3/c1-15-5-11-6-16(2,8-15)10-17(7-11,9-15)21-14-4-12(19)3-13(18)20-14/h3-4,11H,5-10H2,1-2H3,(H3,19,20,21). The quantitative estimate of drug-likeness (QED) is 0.792. The number of nitrogen functional groups attached to an aromatic ring is 1. The smallest absolute Gasteiger partial charge is 0.133 e. The summed E-state index contributed by atoms with van der Waals surface area (Å²) in [5.41, 5.74) is 7.76. The zero-order chi connectivity index (χ0) is 14.9. The van der Waals surface area contributed by atoms with Crippen molar-refractivity contribution in [1.82, 2.24) is 4.98 Å². The average Bonchev–Trinajstić information content (AvgIpc) is 2.19. The number of hydrogen-bond donors (Lipinski definition) is 2. The molecule has 2 atom stereocenters. The molecule has 4 heteroatoms. The van der Waals surface area contributed by atoms with Gasteiger partial charge in [-0.2, -0.15) is 0 Å². The van der Waals surface area contributed by atoms with E-state index in [2.05, 4.69) is 24.1 Å². The van der Waals surface area contributed by atoms with Crippen LogP contribution in [0, 0.1) is 16.7 Å². The molecule has 0 spiro atoms. The molecule has 2 unspecified atom stereocenters. The maximum Gasteiger partial charge on any atom is 0.133 e. The number of halogens is 1. The lowest BCUT2D eigenvalue weighted by atomic mass is 9.43. The molecule has 21 heavy (non-hydrogen) atoms. The topological polar surface area (TPSA) is 50.9 Å². The van der Waals surface area contributed by atoms with Gasteiger partial charge in [0.1, 0.15) is 11.0 Å². The minimum Gasteiger partial charge on any atom is -0.399 e. The summed E-state index contributed by atoms with van der Waals surface area (Å²) in [5.74, 6) is 1.70. The molecule has 1 aromatic rings. The molecular weight excluding hydrogens is 282 g/mol. The summed E-state index contributed by atoms with van der Waals surface area (Å²) in [7, 11) is 0. The first kappa shape index (κ1) is 13.7. The van der Waals surface area contributed by atoms with E-state index in [0.29, 0.717) is 21.7 Å². The molecular formula is C17H24ClN3. The van der Waals surface area contributed by atoms with Crippen LogP contribution in [0.5, 0.6) is 0 Å². The highest BCUT2D eigenvalue weighted by molar-refractivity contribution is 6.29. The van der Waals surface area contributed by atoms with Gasteiger partial charge in [0.15, 0.2) is 0 Å². The highest BCUT2D eigenvalue weighted by atomic mass is 35.5. The monoisotopic (exact) mass is 305 g/mol. The van der Waals surface area contributed by atoms with Gasteiger partial charge in [0.05, 0.1) is 0 Å². The third-order valence-electron chi connectivity index (χ3n) is 5.84. The Bertz CT molecular complexity index is 561. The largest absolute Gasteiger partial charge is 0.399 e. The van der Waals surface area contributed by atoms with Crippen LogP contribution in [0.2, 0.25) is 5.15 Å². The lowest BCUT2D eigenvalue weighted by Crippen LogP contribution is -2.61. The summed E-state index contributed by atoms with van der Waals surface area (Å²) in [6, 6.07) is 3.62. The molecule has 4 aliphatic carbocycles. The normalized spacial score (nSPS) is 44.0. The Labute approximate surface area is 131 Å². The predicted molar refractivity (Wildman–Crippen MR) is 87.4 cm³/mol. The molecule has 0 aliphatic heterocycles. The van der Waals surface area contributed by atoms with Crippen LogP contribution in [0.25, 0.3) is 0 Å². The fraction of sp³-hybridized carbons (Fsp3) is 0.706. The van der Waals surface area contributed by atoms with Crippen LogP contribution in [0.3, 0.4) is 0 Å². The highest BCUT2D eigenvalue weighted by Gasteiger charge is 2.60. The lowest BCUT2D eigenvalue weighted by Gasteiger charge is -2.65. The molecule has 1 heterocycles. The molecule has 0 saturated heterocycles. The van der Waals surface area contributed by atoms with Gasteiger partial charge in [-0.1, -0.05) is 25.4 Å². The minimum atomic E-state index is 0.188. The minimum absolute atomic E-state index is 0.188. The van der Waals surface area contributed by atoms with E-state index in [1.807, 2.05) is 6.07 Å². The second-order valence-corrected chi connectivity index (χ2v) is 9.03. The summed E-state index contributed by atoms with van der Waals surface area (Å²) < 4.78 is 0. The van der Waals surface area contributed by atoms with Crippen molar-refractivity contribution in [2.75, 3.05) is 11.1 Å². The van der Waals surface area contributed by atoms with Crippen LogP contribution < -0.4 is 11.1 Å². The Kier molecular flexibility index (Phi) is 2.65. The number of pyridine rings is 1. The van der Waals surface area contributed by atoms with Crippen LogP contribution in [0.4, 0.5) is 11.5 Å². The Balaban J connectivity index is 1.68. The van der Waals surface area contributed by atoms with Gasteiger partial charge in [-0.05, 0) is 61.3 Å². The first-order valence-corrected chi connectivity index (χ1v) is 8.36. The Morgan fingerprint density at radius 1 is 1.14 bits per heavy atom. The SMILES string of the molecule is CC12CC3CC(C)(C1)CC(Nc1cc(N)cc(Cl)n1)(C3)C2. The van der Waals surface area contributed by atoms with Crippen LogP contribution >= 0.6 is 11.6 Å². The van der Waals surface area contributed by atoms with Crippen LogP contribution in [0.1, 0.15) is 52.4 Å². The molecule has 0 amide bonds. The van der Waals surface area contributed by atoms with Gasteiger partial charge in [-0.3, -0.25) is 0 Å². The number of nitrogens with zero attached hydrogens (tertiary/aromatic N) is 1. The molecule has 3 N–H and O–H groups in total.